The fourth-order valence-corrected chi connectivity index (χ4v) is 4.99. The van der Waals surface area contributed by atoms with Gasteiger partial charge in [-0.15, -0.1) is 35.3 Å². The van der Waals surface area contributed by atoms with E-state index in [2.05, 4.69) is 25.9 Å². The molecular weight excluding hydrogens is 540 g/mol. The zero-order valence-corrected chi connectivity index (χ0v) is 21.2. The third-order valence-electron chi connectivity index (χ3n) is 5.77. The lowest BCUT2D eigenvalue weighted by atomic mass is 9.93. The van der Waals surface area contributed by atoms with Crippen molar-refractivity contribution in [2.24, 2.45) is 10.9 Å². The molecule has 31 heavy (non-hydrogen) atoms. The highest BCUT2D eigenvalue weighted by Gasteiger charge is 2.32. The third-order valence-corrected chi connectivity index (χ3v) is 6.72. The summed E-state index contributed by atoms with van der Waals surface area (Å²) in [7, 11) is 1.75. The molecule has 0 spiro atoms. The summed E-state index contributed by atoms with van der Waals surface area (Å²) in [5.41, 5.74) is 1.11. The molecule has 2 fully saturated rings. The van der Waals surface area contributed by atoms with Gasteiger partial charge in [-0.05, 0) is 51.1 Å². The lowest BCUT2D eigenvalue weighted by Crippen LogP contribution is -2.42. The molecule has 178 valence electrons. The summed E-state index contributed by atoms with van der Waals surface area (Å²) in [4.78, 5) is 12.9. The normalized spacial score (nSPS) is 18.8. The Labute approximate surface area is 204 Å². The van der Waals surface area contributed by atoms with Crippen molar-refractivity contribution in [1.82, 2.24) is 20.5 Å². The van der Waals surface area contributed by atoms with Gasteiger partial charge in [-0.3, -0.25) is 9.89 Å². The summed E-state index contributed by atoms with van der Waals surface area (Å²) in [6, 6.07) is 0. The van der Waals surface area contributed by atoms with Gasteiger partial charge >= 0.3 is 6.18 Å². The summed E-state index contributed by atoms with van der Waals surface area (Å²) in [5, 5.41) is 9.91. The molecule has 3 heterocycles. The molecule has 2 N–H and O–H groups in total. The Morgan fingerprint density at radius 1 is 1.16 bits per heavy atom. The Kier molecular flexibility index (Phi) is 11.1. The molecule has 2 aliphatic rings. The molecule has 0 bridgehead atoms. The first kappa shape index (κ1) is 26.4. The molecule has 0 aromatic carbocycles. The predicted molar refractivity (Wildman–Crippen MR) is 132 cm³/mol. The first-order valence-electron chi connectivity index (χ1n) is 10.9. The molecule has 0 atom stereocenters. The van der Waals surface area contributed by atoms with Gasteiger partial charge in [0.05, 0.1) is 12.2 Å². The number of anilines is 1. The third kappa shape index (κ3) is 9.29. The van der Waals surface area contributed by atoms with Crippen LogP contribution in [0.3, 0.4) is 0 Å². The van der Waals surface area contributed by atoms with Gasteiger partial charge in [-0.2, -0.15) is 13.2 Å². The molecule has 1 aromatic rings. The molecular formula is C20H34F3IN6S. The number of nitrogens with one attached hydrogen (secondary N) is 2. The van der Waals surface area contributed by atoms with Gasteiger partial charge in [0.25, 0.3) is 0 Å². The molecule has 3 rings (SSSR count). The van der Waals surface area contributed by atoms with Crippen molar-refractivity contribution in [2.75, 3.05) is 57.8 Å². The monoisotopic (exact) mass is 574 g/mol. The second-order valence-corrected chi connectivity index (χ2v) is 8.95. The highest BCUT2D eigenvalue weighted by Crippen LogP contribution is 2.25. The summed E-state index contributed by atoms with van der Waals surface area (Å²) in [6.45, 7) is 4.05. The maximum Gasteiger partial charge on any atom is 0.401 e. The number of aliphatic imine (C=N–C) groups is 1. The van der Waals surface area contributed by atoms with Crippen molar-refractivity contribution >= 4 is 46.4 Å². The standard InChI is InChI=1S/C20H33F3N6S.HI/c1-24-18(25-8-4-16-6-12-28(13-7-16)15-20(21,22)23)26-9-5-17-14-30-19(27-17)29-10-2-3-11-29;/h14,16H,2-13,15H2,1H3,(H2,24,25,26);1H. The van der Waals surface area contributed by atoms with Crippen LogP contribution in [-0.2, 0) is 6.42 Å². The van der Waals surface area contributed by atoms with Crippen molar-refractivity contribution in [3.05, 3.63) is 11.1 Å². The van der Waals surface area contributed by atoms with Crippen molar-refractivity contribution < 1.29 is 13.2 Å². The van der Waals surface area contributed by atoms with Crippen LogP contribution >= 0.6 is 35.3 Å². The van der Waals surface area contributed by atoms with Crippen LogP contribution in [0.2, 0.25) is 0 Å². The van der Waals surface area contributed by atoms with Crippen LogP contribution in [0.1, 0.15) is 37.8 Å². The van der Waals surface area contributed by atoms with E-state index in [-0.39, 0.29) is 24.0 Å². The number of hydrogen-bond acceptors (Lipinski definition) is 5. The Hall–Kier alpha value is -0.820. The van der Waals surface area contributed by atoms with Crippen molar-refractivity contribution in [3.8, 4) is 0 Å². The summed E-state index contributed by atoms with van der Waals surface area (Å²) in [6.07, 6.45) is 1.87. The number of thiazole rings is 1. The minimum atomic E-state index is -4.10. The van der Waals surface area contributed by atoms with Gasteiger partial charge in [0, 0.05) is 45.0 Å². The van der Waals surface area contributed by atoms with Gasteiger partial charge in [0.2, 0.25) is 0 Å². The Morgan fingerprint density at radius 2 is 1.84 bits per heavy atom. The number of likely N-dealkylation sites (tertiary alicyclic amines) is 1. The topological polar surface area (TPSA) is 55.8 Å². The summed E-state index contributed by atoms with van der Waals surface area (Å²) >= 11 is 1.72. The van der Waals surface area contributed by atoms with E-state index >= 15 is 0 Å². The van der Waals surface area contributed by atoms with Crippen LogP contribution in [0.5, 0.6) is 0 Å². The molecule has 1 aromatic heterocycles. The Bertz CT molecular complexity index is 670. The zero-order chi connectivity index (χ0) is 21.4. The smallest absolute Gasteiger partial charge is 0.356 e. The average Bonchev–Trinajstić information content (AvgIpc) is 3.38. The predicted octanol–water partition coefficient (Wildman–Crippen LogP) is 3.73. The van der Waals surface area contributed by atoms with E-state index in [9.17, 15) is 13.2 Å². The number of halogens is 4. The molecule has 0 unspecified atom stereocenters. The van der Waals surface area contributed by atoms with E-state index in [0.29, 0.717) is 19.0 Å². The van der Waals surface area contributed by atoms with Gasteiger partial charge < -0.3 is 15.5 Å². The van der Waals surface area contributed by atoms with E-state index < -0.39 is 12.7 Å². The summed E-state index contributed by atoms with van der Waals surface area (Å²) < 4.78 is 37.4. The molecule has 0 aliphatic carbocycles. The van der Waals surface area contributed by atoms with Crippen LogP contribution in [0.25, 0.3) is 0 Å². The Morgan fingerprint density at radius 3 is 2.48 bits per heavy atom. The fraction of sp³-hybridized carbons (Fsp3) is 0.800. The molecule has 11 heteroatoms. The van der Waals surface area contributed by atoms with Gasteiger partial charge in [0.1, 0.15) is 0 Å². The highest BCUT2D eigenvalue weighted by molar-refractivity contribution is 14.0. The number of guanidine groups is 1. The summed E-state index contributed by atoms with van der Waals surface area (Å²) in [5.74, 6) is 1.23. The van der Waals surface area contributed by atoms with Gasteiger partial charge in [-0.1, -0.05) is 0 Å². The second kappa shape index (κ2) is 13.0. The SMILES string of the molecule is CN=C(NCCc1csc(N2CCCC2)n1)NCCC1CCN(CC(F)(F)F)CC1.I. The van der Waals surface area contributed by atoms with Crippen LogP contribution in [-0.4, -0.2) is 74.9 Å². The lowest BCUT2D eigenvalue weighted by molar-refractivity contribution is -0.148. The van der Waals surface area contributed by atoms with Gasteiger partial charge in [-0.25, -0.2) is 4.98 Å². The minimum absolute atomic E-state index is 0. The van der Waals surface area contributed by atoms with Crippen LogP contribution in [0.4, 0.5) is 18.3 Å². The lowest BCUT2D eigenvalue weighted by Gasteiger charge is -2.32. The van der Waals surface area contributed by atoms with E-state index in [0.717, 1.165) is 68.6 Å². The number of nitrogens with zero attached hydrogens (tertiary/aromatic N) is 4. The van der Waals surface area contributed by atoms with E-state index in [1.165, 1.54) is 17.7 Å². The number of piperidine rings is 1. The molecule has 0 amide bonds. The van der Waals surface area contributed by atoms with Crippen LogP contribution in [0.15, 0.2) is 10.4 Å². The fourth-order valence-electron chi connectivity index (χ4n) is 4.08. The number of aromatic nitrogens is 1. The first-order valence-corrected chi connectivity index (χ1v) is 11.7. The van der Waals surface area contributed by atoms with E-state index in [4.69, 9.17) is 4.98 Å². The highest BCUT2D eigenvalue weighted by atomic mass is 127. The van der Waals surface area contributed by atoms with Gasteiger partial charge in [0.15, 0.2) is 11.1 Å². The minimum Gasteiger partial charge on any atom is -0.356 e. The quantitative estimate of drug-likeness (QED) is 0.282. The van der Waals surface area contributed by atoms with Crippen LogP contribution in [0, 0.1) is 5.92 Å². The van der Waals surface area contributed by atoms with Crippen molar-refractivity contribution in [1.29, 1.82) is 0 Å². The molecule has 6 nitrogen and oxygen atoms in total. The number of alkyl halides is 3. The molecule has 0 saturated carbocycles. The maximum atomic E-state index is 12.5. The van der Waals surface area contributed by atoms with Crippen molar-refractivity contribution in [2.45, 2.75) is 44.7 Å². The largest absolute Gasteiger partial charge is 0.401 e. The number of rotatable bonds is 8. The molecule has 0 radical (unpaired) electrons. The second-order valence-electron chi connectivity index (χ2n) is 8.11. The van der Waals surface area contributed by atoms with Crippen LogP contribution < -0.4 is 15.5 Å². The molecule has 2 saturated heterocycles. The van der Waals surface area contributed by atoms with E-state index in [1.54, 1.807) is 18.4 Å². The first-order chi connectivity index (χ1) is 14.4. The molecule has 2 aliphatic heterocycles. The maximum absolute atomic E-state index is 12.5. The van der Waals surface area contributed by atoms with E-state index in [1.807, 2.05) is 0 Å². The zero-order valence-electron chi connectivity index (χ0n) is 18.1. The number of hydrogen-bond donors (Lipinski definition) is 2. The van der Waals surface area contributed by atoms with Crippen molar-refractivity contribution in [3.63, 3.8) is 0 Å². The average molecular weight is 574 g/mol. The Balaban J connectivity index is 0.00000341.